The highest BCUT2D eigenvalue weighted by molar-refractivity contribution is 4.65. The fraction of sp³-hybridized carbons (Fsp3) is 1.00. The molecule has 2 nitrogen and oxygen atoms in total. The van der Waals surface area contributed by atoms with Gasteiger partial charge >= 0.3 is 0 Å². The molecule has 1 rings (SSSR count). The van der Waals surface area contributed by atoms with Gasteiger partial charge in [0.1, 0.15) is 0 Å². The van der Waals surface area contributed by atoms with Gasteiger partial charge in [-0.1, -0.05) is 20.3 Å². The molecule has 1 saturated heterocycles. The third-order valence-corrected chi connectivity index (χ3v) is 2.73. The fourth-order valence-corrected chi connectivity index (χ4v) is 1.98. The van der Waals surface area contributed by atoms with E-state index in [-0.39, 0.29) is 0 Å². The lowest BCUT2D eigenvalue weighted by Crippen LogP contribution is -2.41. The van der Waals surface area contributed by atoms with Crippen LogP contribution >= 0.6 is 0 Å². The van der Waals surface area contributed by atoms with E-state index in [2.05, 4.69) is 23.9 Å². The smallest absolute Gasteiger partial charge is 0.0133 e. The third-order valence-electron chi connectivity index (χ3n) is 2.73. The van der Waals surface area contributed by atoms with E-state index in [1.165, 1.54) is 58.3 Å². The molecule has 0 atom stereocenters. The molecule has 0 aromatic rings. The maximum Gasteiger partial charge on any atom is 0.0133 e. The summed E-state index contributed by atoms with van der Waals surface area (Å²) in [6.07, 6.45) is 6.73. The molecule has 1 fully saturated rings. The van der Waals surface area contributed by atoms with E-state index >= 15 is 0 Å². The van der Waals surface area contributed by atoms with Crippen LogP contribution in [0.3, 0.4) is 0 Å². The molecule has 0 radical (unpaired) electrons. The SMILES string of the molecule is CCCCN(CCC)N1CCCC1. The van der Waals surface area contributed by atoms with Crippen molar-refractivity contribution >= 4 is 0 Å². The summed E-state index contributed by atoms with van der Waals surface area (Å²) in [7, 11) is 0. The first-order chi connectivity index (χ1) is 6.38. The summed E-state index contributed by atoms with van der Waals surface area (Å²) < 4.78 is 0. The summed E-state index contributed by atoms with van der Waals surface area (Å²) in [5.74, 6) is 0. The molecule has 0 bridgehead atoms. The summed E-state index contributed by atoms with van der Waals surface area (Å²) >= 11 is 0. The van der Waals surface area contributed by atoms with Crippen LogP contribution in [-0.2, 0) is 0 Å². The Morgan fingerprint density at radius 1 is 1.00 bits per heavy atom. The van der Waals surface area contributed by atoms with Gasteiger partial charge in [0.15, 0.2) is 0 Å². The molecule has 1 heterocycles. The quantitative estimate of drug-likeness (QED) is 0.626. The highest BCUT2D eigenvalue weighted by Crippen LogP contribution is 2.12. The first-order valence-electron chi connectivity index (χ1n) is 5.88. The number of nitrogens with zero attached hydrogens (tertiary/aromatic N) is 2. The van der Waals surface area contributed by atoms with Crippen LogP contribution in [-0.4, -0.2) is 36.2 Å². The Kier molecular flexibility index (Phi) is 5.40. The molecule has 0 unspecified atom stereocenters. The van der Waals surface area contributed by atoms with Crippen LogP contribution in [0.15, 0.2) is 0 Å². The van der Waals surface area contributed by atoms with E-state index < -0.39 is 0 Å². The van der Waals surface area contributed by atoms with Crippen molar-refractivity contribution in [3.63, 3.8) is 0 Å². The zero-order valence-corrected chi connectivity index (χ0v) is 9.26. The Morgan fingerprint density at radius 2 is 1.69 bits per heavy atom. The largest absolute Gasteiger partial charge is 0.242 e. The first-order valence-corrected chi connectivity index (χ1v) is 5.88. The number of hydrazine groups is 1. The van der Waals surface area contributed by atoms with Crippen LogP contribution < -0.4 is 0 Å². The Labute approximate surface area is 82.9 Å². The van der Waals surface area contributed by atoms with Gasteiger partial charge in [0.2, 0.25) is 0 Å². The topological polar surface area (TPSA) is 6.48 Å². The summed E-state index contributed by atoms with van der Waals surface area (Å²) in [6, 6.07) is 0. The molecule has 1 aliphatic heterocycles. The normalized spacial score (nSPS) is 18.7. The summed E-state index contributed by atoms with van der Waals surface area (Å²) in [5.41, 5.74) is 0. The van der Waals surface area contributed by atoms with Gasteiger partial charge in [-0.25, -0.2) is 10.0 Å². The van der Waals surface area contributed by atoms with Crippen molar-refractivity contribution in [1.82, 2.24) is 10.0 Å². The molecule has 2 heteroatoms. The van der Waals surface area contributed by atoms with E-state index in [1.807, 2.05) is 0 Å². The number of hydrogen-bond donors (Lipinski definition) is 0. The minimum atomic E-state index is 1.25. The maximum atomic E-state index is 2.57. The average molecular weight is 184 g/mol. The Hall–Kier alpha value is -0.0800. The van der Waals surface area contributed by atoms with Crippen molar-refractivity contribution < 1.29 is 0 Å². The standard InChI is InChI=1S/C11H24N2/c1-3-5-9-12(8-4-2)13-10-6-7-11-13/h3-11H2,1-2H3. The monoisotopic (exact) mass is 184 g/mol. The third kappa shape index (κ3) is 3.65. The molecule has 0 aromatic heterocycles. The van der Waals surface area contributed by atoms with Gasteiger partial charge in [0, 0.05) is 26.2 Å². The van der Waals surface area contributed by atoms with Crippen molar-refractivity contribution in [2.75, 3.05) is 26.2 Å². The van der Waals surface area contributed by atoms with Gasteiger partial charge in [0.05, 0.1) is 0 Å². The van der Waals surface area contributed by atoms with Crippen LogP contribution in [0.2, 0.25) is 0 Å². The molecule has 0 aromatic carbocycles. The van der Waals surface area contributed by atoms with Crippen molar-refractivity contribution in [3.05, 3.63) is 0 Å². The summed E-state index contributed by atoms with van der Waals surface area (Å²) in [6.45, 7) is 9.65. The summed E-state index contributed by atoms with van der Waals surface area (Å²) in [5, 5.41) is 5.12. The van der Waals surface area contributed by atoms with Crippen LogP contribution in [0.25, 0.3) is 0 Å². The molecule has 1 aliphatic rings. The number of unbranched alkanes of at least 4 members (excludes halogenated alkanes) is 1. The summed E-state index contributed by atoms with van der Waals surface area (Å²) in [4.78, 5) is 0. The molecule has 0 amide bonds. The highest BCUT2D eigenvalue weighted by Gasteiger charge is 2.17. The predicted octanol–water partition coefficient (Wildman–Crippen LogP) is 2.51. The van der Waals surface area contributed by atoms with Crippen LogP contribution in [0, 0.1) is 0 Å². The molecule has 0 saturated carbocycles. The molecular formula is C11H24N2. The fourth-order valence-electron chi connectivity index (χ4n) is 1.98. The zero-order chi connectivity index (χ0) is 9.52. The minimum absolute atomic E-state index is 1.25. The van der Waals surface area contributed by atoms with E-state index in [0.717, 1.165) is 0 Å². The number of hydrogen-bond acceptors (Lipinski definition) is 2. The van der Waals surface area contributed by atoms with Gasteiger partial charge in [-0.3, -0.25) is 0 Å². The molecule has 0 aliphatic carbocycles. The van der Waals surface area contributed by atoms with Crippen molar-refractivity contribution in [2.45, 2.75) is 46.0 Å². The predicted molar refractivity (Wildman–Crippen MR) is 57.6 cm³/mol. The Balaban J connectivity index is 2.26. The van der Waals surface area contributed by atoms with E-state index in [9.17, 15) is 0 Å². The molecular weight excluding hydrogens is 160 g/mol. The molecule has 0 N–H and O–H groups in total. The Bertz CT molecular complexity index is 119. The maximum absolute atomic E-state index is 2.57. The zero-order valence-electron chi connectivity index (χ0n) is 9.26. The van der Waals surface area contributed by atoms with Crippen molar-refractivity contribution in [2.24, 2.45) is 0 Å². The van der Waals surface area contributed by atoms with Gasteiger partial charge in [-0.2, -0.15) is 0 Å². The van der Waals surface area contributed by atoms with Gasteiger partial charge in [0.25, 0.3) is 0 Å². The molecule has 78 valence electrons. The second kappa shape index (κ2) is 6.39. The van der Waals surface area contributed by atoms with Crippen molar-refractivity contribution in [1.29, 1.82) is 0 Å². The van der Waals surface area contributed by atoms with Crippen LogP contribution in [0.4, 0.5) is 0 Å². The minimum Gasteiger partial charge on any atom is -0.242 e. The Morgan fingerprint density at radius 3 is 2.23 bits per heavy atom. The lowest BCUT2D eigenvalue weighted by atomic mass is 10.3. The number of rotatable bonds is 6. The van der Waals surface area contributed by atoms with Gasteiger partial charge in [-0.15, -0.1) is 0 Å². The van der Waals surface area contributed by atoms with Crippen molar-refractivity contribution in [3.8, 4) is 0 Å². The van der Waals surface area contributed by atoms with Crippen LogP contribution in [0.5, 0.6) is 0 Å². The van der Waals surface area contributed by atoms with E-state index in [1.54, 1.807) is 0 Å². The van der Waals surface area contributed by atoms with Gasteiger partial charge < -0.3 is 0 Å². The van der Waals surface area contributed by atoms with Crippen LogP contribution in [0.1, 0.15) is 46.0 Å². The lowest BCUT2D eigenvalue weighted by molar-refractivity contribution is -0.00427. The van der Waals surface area contributed by atoms with E-state index in [4.69, 9.17) is 0 Å². The lowest BCUT2D eigenvalue weighted by Gasteiger charge is -2.31. The molecule has 0 spiro atoms. The molecule has 13 heavy (non-hydrogen) atoms. The van der Waals surface area contributed by atoms with Gasteiger partial charge in [-0.05, 0) is 25.7 Å². The second-order valence-electron chi connectivity index (χ2n) is 3.97. The average Bonchev–Trinajstić information content (AvgIpc) is 2.65. The second-order valence-corrected chi connectivity index (χ2v) is 3.97. The van der Waals surface area contributed by atoms with E-state index in [0.29, 0.717) is 0 Å². The highest BCUT2D eigenvalue weighted by atomic mass is 15.6. The first kappa shape index (κ1) is 11.0.